The lowest BCUT2D eigenvalue weighted by Gasteiger charge is -2.32. The second-order valence-corrected chi connectivity index (χ2v) is 8.76. The van der Waals surface area contributed by atoms with Crippen molar-refractivity contribution in [3.05, 3.63) is 53.1 Å². The highest BCUT2D eigenvalue weighted by atomic mass is 16.5. The van der Waals surface area contributed by atoms with Gasteiger partial charge in [-0.05, 0) is 61.9 Å². The maximum Gasteiger partial charge on any atom is 0.257 e. The van der Waals surface area contributed by atoms with Crippen molar-refractivity contribution in [1.82, 2.24) is 9.80 Å². The average Bonchev–Trinajstić information content (AvgIpc) is 3.35. The van der Waals surface area contributed by atoms with Gasteiger partial charge in [0.05, 0.1) is 19.8 Å². The number of piperidine rings is 1. The summed E-state index contributed by atoms with van der Waals surface area (Å²) >= 11 is 0. The Bertz CT molecular complexity index is 931. The van der Waals surface area contributed by atoms with Gasteiger partial charge in [-0.3, -0.25) is 9.69 Å². The van der Waals surface area contributed by atoms with Crippen molar-refractivity contribution < 1.29 is 19.0 Å². The fraction of sp³-hybridized carbons (Fsp3) is 0.500. The van der Waals surface area contributed by atoms with Gasteiger partial charge in [-0.25, -0.2) is 0 Å². The van der Waals surface area contributed by atoms with Crippen LogP contribution in [0.2, 0.25) is 0 Å². The number of nitrogens with zero attached hydrogens (tertiary/aromatic N) is 2. The van der Waals surface area contributed by atoms with Crippen molar-refractivity contribution in [2.45, 2.75) is 45.3 Å². The summed E-state index contributed by atoms with van der Waals surface area (Å²) in [5, 5.41) is 0. The van der Waals surface area contributed by atoms with Gasteiger partial charge in [0.1, 0.15) is 23.4 Å². The predicted molar refractivity (Wildman–Crippen MR) is 125 cm³/mol. The van der Waals surface area contributed by atoms with Crippen molar-refractivity contribution in [3.8, 4) is 17.2 Å². The largest absolute Gasteiger partial charge is 0.497 e. The monoisotopic (exact) mass is 438 g/mol. The summed E-state index contributed by atoms with van der Waals surface area (Å²) in [6.45, 7) is 6.60. The molecule has 0 aliphatic carbocycles. The minimum absolute atomic E-state index is 0.0625. The van der Waals surface area contributed by atoms with Gasteiger partial charge in [-0.2, -0.15) is 0 Å². The molecule has 2 aliphatic rings. The molecule has 0 unspecified atom stereocenters. The number of ether oxygens (including phenoxy) is 3. The van der Waals surface area contributed by atoms with Crippen molar-refractivity contribution in [3.63, 3.8) is 0 Å². The fourth-order valence-electron chi connectivity index (χ4n) is 4.66. The quantitative estimate of drug-likeness (QED) is 0.645. The summed E-state index contributed by atoms with van der Waals surface area (Å²) < 4.78 is 17.1. The number of hydrogen-bond donors (Lipinski definition) is 0. The van der Waals surface area contributed by atoms with Crippen LogP contribution in [0.5, 0.6) is 17.2 Å². The molecule has 0 saturated carbocycles. The number of hydrogen-bond acceptors (Lipinski definition) is 5. The first-order chi connectivity index (χ1) is 15.6. The van der Waals surface area contributed by atoms with E-state index in [0.717, 1.165) is 69.7 Å². The first-order valence-corrected chi connectivity index (χ1v) is 11.6. The third kappa shape index (κ3) is 5.18. The molecular formula is C26H34N2O4. The maximum atomic E-state index is 13.0. The topological polar surface area (TPSA) is 51.2 Å². The summed E-state index contributed by atoms with van der Waals surface area (Å²) in [4.78, 5) is 17.4. The normalized spacial score (nSPS) is 17.4. The van der Waals surface area contributed by atoms with Gasteiger partial charge in [-0.1, -0.05) is 12.1 Å². The molecular weight excluding hydrogens is 404 g/mol. The van der Waals surface area contributed by atoms with E-state index in [2.05, 4.69) is 24.0 Å². The van der Waals surface area contributed by atoms with E-state index in [1.54, 1.807) is 14.2 Å². The highest BCUT2D eigenvalue weighted by Crippen LogP contribution is 2.30. The summed E-state index contributed by atoms with van der Waals surface area (Å²) in [7, 11) is 3.35. The molecule has 172 valence electrons. The van der Waals surface area contributed by atoms with Gasteiger partial charge >= 0.3 is 0 Å². The zero-order chi connectivity index (χ0) is 22.5. The van der Waals surface area contributed by atoms with Gasteiger partial charge in [0, 0.05) is 38.8 Å². The van der Waals surface area contributed by atoms with Crippen LogP contribution in [-0.2, 0) is 6.54 Å². The maximum absolute atomic E-state index is 13.0. The van der Waals surface area contributed by atoms with Crippen molar-refractivity contribution in [2.75, 3.05) is 40.4 Å². The van der Waals surface area contributed by atoms with Crippen LogP contribution >= 0.6 is 0 Å². The summed E-state index contributed by atoms with van der Waals surface area (Å²) in [5.74, 6) is 2.35. The van der Waals surface area contributed by atoms with Crippen LogP contribution in [0.3, 0.4) is 0 Å². The Balaban J connectivity index is 1.38. The Morgan fingerprint density at radius 3 is 2.34 bits per heavy atom. The highest BCUT2D eigenvalue weighted by Gasteiger charge is 2.26. The molecule has 0 spiro atoms. The first-order valence-electron chi connectivity index (χ1n) is 11.6. The Hall–Kier alpha value is -2.73. The van der Waals surface area contributed by atoms with E-state index in [1.165, 1.54) is 5.56 Å². The van der Waals surface area contributed by atoms with Gasteiger partial charge in [0.25, 0.3) is 5.91 Å². The molecule has 6 heteroatoms. The van der Waals surface area contributed by atoms with E-state index in [4.69, 9.17) is 14.2 Å². The Kier molecular flexibility index (Phi) is 7.20. The molecule has 6 nitrogen and oxygen atoms in total. The van der Waals surface area contributed by atoms with Crippen molar-refractivity contribution in [1.29, 1.82) is 0 Å². The Morgan fingerprint density at radius 1 is 0.938 bits per heavy atom. The highest BCUT2D eigenvalue weighted by molar-refractivity contribution is 5.97. The Labute approximate surface area is 191 Å². The van der Waals surface area contributed by atoms with Gasteiger partial charge in [-0.15, -0.1) is 0 Å². The van der Waals surface area contributed by atoms with E-state index in [0.29, 0.717) is 17.1 Å². The third-order valence-electron chi connectivity index (χ3n) is 6.51. The molecule has 1 amide bonds. The SMILES string of the molecule is COc1ccc(C(=O)N2CCCC2)c(OC2CCN(Cc3ccc(OC)c(C)c3)CC2)c1. The van der Waals surface area contributed by atoms with Crippen LogP contribution in [0.4, 0.5) is 0 Å². The van der Waals surface area contributed by atoms with Gasteiger partial charge in [0.15, 0.2) is 0 Å². The smallest absolute Gasteiger partial charge is 0.257 e. The van der Waals surface area contributed by atoms with Gasteiger partial charge < -0.3 is 19.1 Å². The Morgan fingerprint density at radius 2 is 1.69 bits per heavy atom. The lowest BCUT2D eigenvalue weighted by atomic mass is 10.0. The molecule has 32 heavy (non-hydrogen) atoms. The standard InChI is InChI=1S/C26H34N2O4/c1-19-16-20(6-9-24(19)31-3)18-27-14-10-21(11-15-27)32-25-17-22(30-2)7-8-23(25)26(29)28-12-4-5-13-28/h6-9,16-17,21H,4-5,10-15,18H2,1-3H3. The van der Waals surface area contributed by atoms with E-state index in [-0.39, 0.29) is 12.0 Å². The van der Waals surface area contributed by atoms with E-state index in [9.17, 15) is 4.79 Å². The van der Waals surface area contributed by atoms with Crippen LogP contribution in [0.15, 0.2) is 36.4 Å². The van der Waals surface area contributed by atoms with E-state index in [1.807, 2.05) is 29.2 Å². The molecule has 2 aromatic rings. The number of carbonyl (C=O) groups excluding carboxylic acids is 1. The number of benzene rings is 2. The van der Waals surface area contributed by atoms with Crippen LogP contribution in [0, 0.1) is 6.92 Å². The number of amides is 1. The van der Waals surface area contributed by atoms with Gasteiger partial charge in [0.2, 0.25) is 0 Å². The minimum atomic E-state index is 0.0625. The molecule has 2 saturated heterocycles. The third-order valence-corrected chi connectivity index (χ3v) is 6.51. The zero-order valence-corrected chi connectivity index (χ0v) is 19.4. The van der Waals surface area contributed by atoms with E-state index < -0.39 is 0 Å². The van der Waals surface area contributed by atoms with Crippen LogP contribution in [0.1, 0.15) is 47.2 Å². The molecule has 0 aromatic heterocycles. The summed E-state index contributed by atoms with van der Waals surface area (Å²) in [5.41, 5.74) is 3.11. The predicted octanol–water partition coefficient (Wildman–Crippen LogP) is 4.29. The second kappa shape index (κ2) is 10.3. The number of rotatable bonds is 7. The van der Waals surface area contributed by atoms with Crippen LogP contribution in [0.25, 0.3) is 0 Å². The molecule has 0 bridgehead atoms. The lowest BCUT2D eigenvalue weighted by molar-refractivity contribution is 0.0764. The zero-order valence-electron chi connectivity index (χ0n) is 19.4. The van der Waals surface area contributed by atoms with Crippen molar-refractivity contribution in [2.24, 2.45) is 0 Å². The average molecular weight is 439 g/mol. The first kappa shape index (κ1) is 22.5. The van der Waals surface area contributed by atoms with Crippen LogP contribution < -0.4 is 14.2 Å². The fourth-order valence-corrected chi connectivity index (χ4v) is 4.66. The molecule has 0 atom stereocenters. The molecule has 2 fully saturated rings. The molecule has 2 aliphatic heterocycles. The summed E-state index contributed by atoms with van der Waals surface area (Å²) in [6, 6.07) is 11.9. The van der Waals surface area contributed by atoms with E-state index >= 15 is 0 Å². The number of likely N-dealkylation sites (tertiary alicyclic amines) is 2. The molecule has 2 heterocycles. The second-order valence-electron chi connectivity index (χ2n) is 8.76. The lowest BCUT2D eigenvalue weighted by Crippen LogP contribution is -2.38. The molecule has 0 N–H and O–H groups in total. The molecule has 0 radical (unpaired) electrons. The summed E-state index contributed by atoms with van der Waals surface area (Å²) in [6.07, 6.45) is 4.11. The molecule has 4 rings (SSSR count). The van der Waals surface area contributed by atoms with Crippen LogP contribution in [-0.4, -0.2) is 62.2 Å². The minimum Gasteiger partial charge on any atom is -0.497 e. The molecule has 2 aromatic carbocycles. The van der Waals surface area contributed by atoms with Crippen molar-refractivity contribution >= 4 is 5.91 Å². The number of carbonyl (C=O) groups is 1. The number of aryl methyl sites for hydroxylation is 1. The number of methoxy groups -OCH3 is 2.